The van der Waals surface area contributed by atoms with Gasteiger partial charge in [-0.3, -0.25) is 0 Å². The second-order valence-corrected chi connectivity index (χ2v) is 16.2. The average molecular weight is 599 g/mol. The molecule has 0 radical (unpaired) electrons. The smallest absolute Gasteiger partial charge is 0.0871 e. The van der Waals surface area contributed by atoms with Gasteiger partial charge in [0.25, 0.3) is 0 Å². The molecule has 0 heterocycles. The van der Waals surface area contributed by atoms with Gasteiger partial charge in [-0.1, -0.05) is 89.2 Å². The van der Waals surface area contributed by atoms with Crippen molar-refractivity contribution >= 4 is 0 Å². The Morgan fingerprint density at radius 2 is 0.721 bits per heavy atom. The second kappa shape index (κ2) is 17.3. The Hall–Kier alpha value is -0.640. The van der Waals surface area contributed by atoms with E-state index in [0.29, 0.717) is 11.8 Å². The van der Waals surface area contributed by atoms with Crippen LogP contribution >= 0.6 is 0 Å². The van der Waals surface area contributed by atoms with Gasteiger partial charge in [-0.05, 0) is 113 Å². The van der Waals surface area contributed by atoms with Crippen molar-refractivity contribution < 1.29 is 14.2 Å². The van der Waals surface area contributed by atoms with Gasteiger partial charge in [-0.2, -0.15) is 0 Å². The quantitative estimate of drug-likeness (QED) is 0.165. The summed E-state index contributed by atoms with van der Waals surface area (Å²) in [4.78, 5) is 0. The molecular weight excluding hydrogens is 528 g/mol. The van der Waals surface area contributed by atoms with E-state index in [9.17, 15) is 0 Å². The van der Waals surface area contributed by atoms with Crippen molar-refractivity contribution in [2.24, 2.45) is 47.3 Å². The minimum absolute atomic E-state index is 0.272. The van der Waals surface area contributed by atoms with Crippen molar-refractivity contribution in [1.82, 2.24) is 0 Å². The average Bonchev–Trinajstić information content (AvgIpc) is 3.05. The molecule has 0 aromatic rings. The van der Waals surface area contributed by atoms with Gasteiger partial charge >= 0.3 is 0 Å². The van der Waals surface area contributed by atoms with Gasteiger partial charge in [0.15, 0.2) is 0 Å². The SMILES string of the molecule is C=CC(C)(OC(C)(C=C)C1CCC(CCC2CCC(COC)CC2)CC1)C1CCC(CCC2CCC(COC)CC2)CC1. The standard InChI is InChI=1S/C40H70O3/c1-7-39(3,37-25-21-33(22-26-37)11-9-31-13-17-35(18-14-31)29-41-5)43-40(4,8-2)38-27-23-34(24-28-38)12-10-32-15-19-36(20-16-32)30-42-6/h7-8,31-38H,1-2,9-30H2,3-6H3. The van der Waals surface area contributed by atoms with E-state index in [-0.39, 0.29) is 11.2 Å². The van der Waals surface area contributed by atoms with E-state index in [1.807, 2.05) is 14.2 Å². The molecule has 43 heavy (non-hydrogen) atoms. The Bertz CT molecular complexity index is 727. The molecule has 0 spiro atoms. The number of hydrogen-bond acceptors (Lipinski definition) is 3. The van der Waals surface area contributed by atoms with E-state index in [2.05, 4.69) is 39.2 Å². The topological polar surface area (TPSA) is 27.7 Å². The molecule has 248 valence electrons. The highest BCUT2D eigenvalue weighted by Crippen LogP contribution is 2.47. The zero-order chi connectivity index (χ0) is 30.7. The van der Waals surface area contributed by atoms with Crippen LogP contribution in [0.3, 0.4) is 0 Å². The summed E-state index contributed by atoms with van der Waals surface area (Å²) in [5, 5.41) is 0. The number of methoxy groups -OCH3 is 2. The fourth-order valence-electron chi connectivity index (χ4n) is 9.89. The Labute approximate surface area is 267 Å². The number of rotatable bonds is 16. The fraction of sp³-hybridized carbons (Fsp3) is 0.900. The first kappa shape index (κ1) is 35.2. The summed E-state index contributed by atoms with van der Waals surface area (Å²) in [7, 11) is 3.71. The van der Waals surface area contributed by atoms with Crippen molar-refractivity contribution in [2.45, 2.75) is 153 Å². The van der Waals surface area contributed by atoms with Crippen LogP contribution in [0.1, 0.15) is 142 Å². The lowest BCUT2D eigenvalue weighted by Gasteiger charge is -2.48. The minimum atomic E-state index is -0.272. The highest BCUT2D eigenvalue weighted by Gasteiger charge is 2.44. The predicted octanol–water partition coefficient (Wildman–Crippen LogP) is 11.0. The van der Waals surface area contributed by atoms with E-state index in [4.69, 9.17) is 14.2 Å². The van der Waals surface area contributed by atoms with Crippen LogP contribution in [0.25, 0.3) is 0 Å². The molecule has 4 fully saturated rings. The van der Waals surface area contributed by atoms with E-state index < -0.39 is 0 Å². The second-order valence-electron chi connectivity index (χ2n) is 16.2. The van der Waals surface area contributed by atoms with Crippen molar-refractivity contribution in [3.8, 4) is 0 Å². The Kier molecular flexibility index (Phi) is 14.2. The van der Waals surface area contributed by atoms with E-state index in [0.717, 1.165) is 48.7 Å². The minimum Gasteiger partial charge on any atom is -0.384 e. The molecule has 2 unspecified atom stereocenters. The van der Waals surface area contributed by atoms with Crippen LogP contribution in [0.15, 0.2) is 25.3 Å². The van der Waals surface area contributed by atoms with Gasteiger partial charge in [0.05, 0.1) is 11.2 Å². The van der Waals surface area contributed by atoms with E-state index in [1.54, 1.807) is 0 Å². The molecule has 0 N–H and O–H groups in total. The molecule has 4 rings (SSSR count). The molecular formula is C40H70O3. The summed E-state index contributed by atoms with van der Waals surface area (Å²) in [6, 6.07) is 0. The summed E-state index contributed by atoms with van der Waals surface area (Å²) in [5.74, 6) is 6.49. The zero-order valence-corrected chi connectivity index (χ0v) is 29.0. The summed E-state index contributed by atoms with van der Waals surface area (Å²) in [6.45, 7) is 15.2. The van der Waals surface area contributed by atoms with Crippen LogP contribution in [0.2, 0.25) is 0 Å². The molecule has 0 saturated heterocycles. The van der Waals surface area contributed by atoms with Crippen molar-refractivity contribution in [3.63, 3.8) is 0 Å². The summed E-state index contributed by atoms with van der Waals surface area (Å²) in [6.07, 6.45) is 31.8. The molecule has 2 atom stereocenters. The fourth-order valence-corrected chi connectivity index (χ4v) is 9.89. The monoisotopic (exact) mass is 599 g/mol. The molecule has 0 aromatic carbocycles. The van der Waals surface area contributed by atoms with Crippen molar-refractivity contribution in [2.75, 3.05) is 27.4 Å². The van der Waals surface area contributed by atoms with Crippen molar-refractivity contribution in [3.05, 3.63) is 25.3 Å². The highest BCUT2D eigenvalue weighted by molar-refractivity contribution is 5.08. The van der Waals surface area contributed by atoms with Crippen molar-refractivity contribution in [1.29, 1.82) is 0 Å². The number of ether oxygens (including phenoxy) is 3. The largest absolute Gasteiger partial charge is 0.384 e. The van der Waals surface area contributed by atoms with Crippen LogP contribution in [-0.2, 0) is 14.2 Å². The zero-order valence-electron chi connectivity index (χ0n) is 29.0. The van der Waals surface area contributed by atoms with Crippen LogP contribution in [0.4, 0.5) is 0 Å². The van der Waals surface area contributed by atoms with Gasteiger partial charge in [0, 0.05) is 27.4 Å². The van der Waals surface area contributed by atoms with Gasteiger partial charge in [-0.15, -0.1) is 13.2 Å². The maximum Gasteiger partial charge on any atom is 0.0871 e. The molecule has 4 aliphatic carbocycles. The molecule has 0 aliphatic heterocycles. The van der Waals surface area contributed by atoms with Crippen LogP contribution < -0.4 is 0 Å². The Balaban J connectivity index is 1.18. The van der Waals surface area contributed by atoms with Crippen LogP contribution in [-0.4, -0.2) is 38.6 Å². The lowest BCUT2D eigenvalue weighted by atomic mass is 9.70. The maximum absolute atomic E-state index is 7.19. The normalized spacial score (nSPS) is 36.7. The summed E-state index contributed by atoms with van der Waals surface area (Å²) in [5.41, 5.74) is -0.543. The highest BCUT2D eigenvalue weighted by atomic mass is 16.5. The molecule has 3 heteroatoms. The van der Waals surface area contributed by atoms with E-state index in [1.165, 1.54) is 128 Å². The third-order valence-electron chi connectivity index (χ3n) is 13.3. The van der Waals surface area contributed by atoms with Gasteiger partial charge < -0.3 is 14.2 Å². The third kappa shape index (κ3) is 10.2. The van der Waals surface area contributed by atoms with Crippen LogP contribution in [0.5, 0.6) is 0 Å². The summed E-state index contributed by atoms with van der Waals surface area (Å²) < 4.78 is 18.0. The first-order valence-corrected chi connectivity index (χ1v) is 18.8. The lowest BCUT2D eigenvalue weighted by molar-refractivity contribution is -0.154. The maximum atomic E-state index is 7.19. The summed E-state index contributed by atoms with van der Waals surface area (Å²) >= 11 is 0. The predicted molar refractivity (Wildman–Crippen MR) is 182 cm³/mol. The lowest BCUT2D eigenvalue weighted by Crippen LogP contribution is -2.49. The van der Waals surface area contributed by atoms with Gasteiger partial charge in [-0.25, -0.2) is 0 Å². The Morgan fingerprint density at radius 1 is 0.465 bits per heavy atom. The first-order chi connectivity index (χ1) is 20.8. The first-order valence-electron chi connectivity index (χ1n) is 18.8. The van der Waals surface area contributed by atoms with Gasteiger partial charge in [0.1, 0.15) is 0 Å². The Morgan fingerprint density at radius 3 is 0.977 bits per heavy atom. The van der Waals surface area contributed by atoms with Crippen LogP contribution in [0, 0.1) is 47.3 Å². The van der Waals surface area contributed by atoms with Gasteiger partial charge in [0.2, 0.25) is 0 Å². The molecule has 3 nitrogen and oxygen atoms in total. The number of hydrogen-bond donors (Lipinski definition) is 0. The van der Waals surface area contributed by atoms with E-state index >= 15 is 0 Å². The third-order valence-corrected chi connectivity index (χ3v) is 13.3. The molecule has 4 saturated carbocycles. The molecule has 4 aliphatic rings. The molecule has 0 aromatic heterocycles. The molecule has 0 bridgehead atoms. The molecule has 0 amide bonds.